The molecule has 0 aliphatic carbocycles. The number of nitro groups is 1. The average molecular weight is 286 g/mol. The molecule has 0 radical (unpaired) electrons. The number of ether oxygens (including phenoxy) is 2. The van der Waals surface area contributed by atoms with E-state index in [2.05, 4.69) is 5.32 Å². The molecule has 1 aromatic carbocycles. The highest BCUT2D eigenvalue weighted by Crippen LogP contribution is 2.16. The lowest BCUT2D eigenvalue weighted by Gasteiger charge is -2.22. The van der Waals surface area contributed by atoms with Gasteiger partial charge in [-0.2, -0.15) is 0 Å². The summed E-state index contributed by atoms with van der Waals surface area (Å²) in [6.07, 6.45) is -0.681. The van der Waals surface area contributed by atoms with Crippen LogP contribution in [0, 0.1) is 15.9 Å². The third-order valence-electron chi connectivity index (χ3n) is 2.64. The summed E-state index contributed by atoms with van der Waals surface area (Å²) < 4.78 is 23.6. The van der Waals surface area contributed by atoms with Gasteiger partial charge in [0.25, 0.3) is 11.6 Å². The van der Waals surface area contributed by atoms with Crippen LogP contribution in [0.1, 0.15) is 17.3 Å². The maximum atomic E-state index is 13.6. The molecule has 0 bridgehead atoms. The van der Waals surface area contributed by atoms with E-state index < -0.39 is 34.7 Å². The van der Waals surface area contributed by atoms with E-state index in [1.54, 1.807) is 6.92 Å². The molecule has 0 heterocycles. The second-order valence-corrected chi connectivity index (χ2v) is 4.02. The molecule has 0 saturated carbocycles. The molecule has 110 valence electrons. The van der Waals surface area contributed by atoms with Gasteiger partial charge in [-0.25, -0.2) is 4.39 Å². The van der Waals surface area contributed by atoms with Crippen LogP contribution in [0.15, 0.2) is 18.2 Å². The molecule has 20 heavy (non-hydrogen) atoms. The Morgan fingerprint density at radius 3 is 2.45 bits per heavy atom. The number of non-ortho nitro benzene ring substituents is 1. The number of carbonyl (C=O) groups excluding carboxylic acids is 1. The van der Waals surface area contributed by atoms with E-state index in [-0.39, 0.29) is 5.56 Å². The van der Waals surface area contributed by atoms with Crippen LogP contribution in [-0.4, -0.2) is 37.4 Å². The number of carbonyl (C=O) groups is 1. The average Bonchev–Trinajstić information content (AvgIpc) is 2.39. The third-order valence-corrected chi connectivity index (χ3v) is 2.64. The molecular formula is C12H15FN2O5. The number of hydrogen-bond acceptors (Lipinski definition) is 5. The fourth-order valence-corrected chi connectivity index (χ4v) is 1.66. The van der Waals surface area contributed by atoms with Crippen LogP contribution in [0.5, 0.6) is 0 Å². The summed E-state index contributed by atoms with van der Waals surface area (Å²) >= 11 is 0. The topological polar surface area (TPSA) is 90.7 Å². The summed E-state index contributed by atoms with van der Waals surface area (Å²) in [4.78, 5) is 21.6. The van der Waals surface area contributed by atoms with Crippen molar-refractivity contribution < 1.29 is 23.6 Å². The van der Waals surface area contributed by atoms with E-state index in [0.717, 1.165) is 12.1 Å². The number of methoxy groups -OCH3 is 2. The van der Waals surface area contributed by atoms with Crippen molar-refractivity contribution in [3.63, 3.8) is 0 Å². The summed E-state index contributed by atoms with van der Waals surface area (Å²) in [7, 11) is 2.81. The predicted octanol–water partition coefficient (Wildman–Crippen LogP) is 1.47. The standard InChI is InChI=1S/C12H15FN2O5/c1-7(12(19-2)20-3)14-11(16)9-5-4-8(15(17)18)6-10(9)13/h4-7,12H,1-3H3,(H,14,16). The molecule has 0 fully saturated rings. The summed E-state index contributed by atoms with van der Waals surface area (Å²) in [6.45, 7) is 1.62. The van der Waals surface area contributed by atoms with Crippen molar-refractivity contribution >= 4 is 11.6 Å². The van der Waals surface area contributed by atoms with Gasteiger partial charge >= 0.3 is 0 Å². The molecule has 1 aromatic rings. The van der Waals surface area contributed by atoms with Gasteiger partial charge in [-0.15, -0.1) is 0 Å². The number of halogens is 1. The van der Waals surface area contributed by atoms with Crippen molar-refractivity contribution in [3.8, 4) is 0 Å². The molecule has 1 unspecified atom stereocenters. The van der Waals surface area contributed by atoms with Crippen molar-refractivity contribution in [3.05, 3.63) is 39.7 Å². The van der Waals surface area contributed by atoms with E-state index in [1.165, 1.54) is 14.2 Å². The van der Waals surface area contributed by atoms with Gasteiger partial charge < -0.3 is 14.8 Å². The first-order valence-electron chi connectivity index (χ1n) is 5.71. The molecular weight excluding hydrogens is 271 g/mol. The maximum Gasteiger partial charge on any atom is 0.272 e. The van der Waals surface area contributed by atoms with Crippen LogP contribution >= 0.6 is 0 Å². The first-order chi connectivity index (χ1) is 9.40. The minimum atomic E-state index is -0.963. The minimum Gasteiger partial charge on any atom is -0.354 e. The normalized spacial score (nSPS) is 12.2. The van der Waals surface area contributed by atoms with Gasteiger partial charge in [0.15, 0.2) is 6.29 Å². The summed E-state index contributed by atoms with van der Waals surface area (Å²) in [6, 6.07) is 2.30. The molecule has 0 spiro atoms. The number of benzene rings is 1. The van der Waals surface area contributed by atoms with Crippen LogP contribution in [0.2, 0.25) is 0 Å². The lowest BCUT2D eigenvalue weighted by molar-refractivity contribution is -0.385. The first-order valence-corrected chi connectivity index (χ1v) is 5.71. The SMILES string of the molecule is COC(OC)C(C)NC(=O)c1ccc([N+](=O)[O-])cc1F. The highest BCUT2D eigenvalue weighted by molar-refractivity contribution is 5.94. The van der Waals surface area contributed by atoms with Crippen LogP contribution in [-0.2, 0) is 9.47 Å². The van der Waals surface area contributed by atoms with E-state index in [4.69, 9.17) is 9.47 Å². The Hall–Kier alpha value is -2.06. The summed E-state index contributed by atoms with van der Waals surface area (Å²) in [5.74, 6) is -1.67. The minimum absolute atomic E-state index is 0.284. The second kappa shape index (κ2) is 6.92. The highest BCUT2D eigenvalue weighted by Gasteiger charge is 2.21. The Kier molecular flexibility index (Phi) is 5.53. The summed E-state index contributed by atoms with van der Waals surface area (Å²) in [5, 5.41) is 13.0. The van der Waals surface area contributed by atoms with Crippen molar-refractivity contribution in [2.45, 2.75) is 19.3 Å². The van der Waals surface area contributed by atoms with Crippen molar-refractivity contribution in [2.24, 2.45) is 0 Å². The van der Waals surface area contributed by atoms with E-state index in [1.807, 2.05) is 0 Å². The molecule has 0 aliphatic heterocycles. The van der Waals surface area contributed by atoms with E-state index in [0.29, 0.717) is 6.07 Å². The lowest BCUT2D eigenvalue weighted by atomic mass is 10.1. The van der Waals surface area contributed by atoms with Crippen LogP contribution in [0.4, 0.5) is 10.1 Å². The van der Waals surface area contributed by atoms with Gasteiger partial charge in [0.2, 0.25) is 0 Å². The van der Waals surface area contributed by atoms with Crippen LogP contribution in [0.25, 0.3) is 0 Å². The van der Waals surface area contributed by atoms with Crippen LogP contribution in [0.3, 0.4) is 0 Å². The zero-order chi connectivity index (χ0) is 15.3. The largest absolute Gasteiger partial charge is 0.354 e. The number of rotatable bonds is 6. The number of hydrogen-bond donors (Lipinski definition) is 1. The highest BCUT2D eigenvalue weighted by atomic mass is 19.1. The predicted molar refractivity (Wildman–Crippen MR) is 67.8 cm³/mol. The zero-order valence-electron chi connectivity index (χ0n) is 11.3. The monoisotopic (exact) mass is 286 g/mol. The smallest absolute Gasteiger partial charge is 0.272 e. The van der Waals surface area contributed by atoms with Crippen LogP contribution < -0.4 is 5.32 Å². The van der Waals surface area contributed by atoms with E-state index in [9.17, 15) is 19.3 Å². The molecule has 7 nitrogen and oxygen atoms in total. The fourth-order valence-electron chi connectivity index (χ4n) is 1.66. The summed E-state index contributed by atoms with van der Waals surface area (Å²) in [5.41, 5.74) is -0.702. The van der Waals surface area contributed by atoms with E-state index >= 15 is 0 Å². The molecule has 0 saturated heterocycles. The molecule has 1 N–H and O–H groups in total. The Labute approximate surface area is 114 Å². The maximum absolute atomic E-state index is 13.6. The number of amides is 1. The van der Waals surface area contributed by atoms with Gasteiger partial charge in [0.1, 0.15) is 5.82 Å². The first kappa shape index (κ1) is 16.0. The van der Waals surface area contributed by atoms with Crippen molar-refractivity contribution in [2.75, 3.05) is 14.2 Å². The fraction of sp³-hybridized carbons (Fsp3) is 0.417. The second-order valence-electron chi connectivity index (χ2n) is 4.02. The Morgan fingerprint density at radius 2 is 2.00 bits per heavy atom. The van der Waals surface area contributed by atoms with Crippen molar-refractivity contribution in [1.29, 1.82) is 0 Å². The number of nitrogens with one attached hydrogen (secondary N) is 1. The molecule has 1 rings (SSSR count). The molecule has 0 aliphatic rings. The van der Waals surface area contributed by atoms with Gasteiger partial charge in [-0.1, -0.05) is 0 Å². The van der Waals surface area contributed by atoms with Gasteiger partial charge in [-0.3, -0.25) is 14.9 Å². The number of nitrogens with zero attached hydrogens (tertiary/aromatic N) is 1. The van der Waals surface area contributed by atoms with Gasteiger partial charge in [0.05, 0.1) is 22.6 Å². The molecule has 1 amide bonds. The Bertz CT molecular complexity index is 505. The Balaban J connectivity index is 2.85. The molecule has 0 aromatic heterocycles. The quantitative estimate of drug-likeness (QED) is 0.486. The third kappa shape index (κ3) is 3.72. The van der Waals surface area contributed by atoms with Gasteiger partial charge in [0, 0.05) is 20.3 Å². The Morgan fingerprint density at radius 1 is 1.40 bits per heavy atom. The van der Waals surface area contributed by atoms with Gasteiger partial charge in [-0.05, 0) is 13.0 Å². The molecule has 8 heteroatoms. The van der Waals surface area contributed by atoms with Crippen molar-refractivity contribution in [1.82, 2.24) is 5.32 Å². The lowest BCUT2D eigenvalue weighted by Crippen LogP contribution is -2.43. The number of nitro benzene ring substituents is 1. The molecule has 1 atom stereocenters. The zero-order valence-corrected chi connectivity index (χ0v) is 11.3.